The van der Waals surface area contributed by atoms with Crippen LogP contribution in [0.3, 0.4) is 0 Å². The van der Waals surface area contributed by atoms with Crippen LogP contribution in [-0.4, -0.2) is 31.2 Å². The standard InChI is InChI=1S/C28H27N3O5S/c1-34-21-13-12-18(14-23(21)35-2)22-15-20(31-36-22)26(32)30-28-25(19-10-6-7-11-24(19)37-28)27(33)29-16-17-8-4-3-5-9-17/h3-5,8-9,12-15H,6-7,10-11,16H2,1-2H3,(H,29,33)(H,30,32). The van der Waals surface area contributed by atoms with Crippen LogP contribution in [-0.2, 0) is 19.4 Å². The van der Waals surface area contributed by atoms with Crippen LogP contribution in [0.1, 0.15) is 49.7 Å². The van der Waals surface area contributed by atoms with Crippen LogP contribution in [0.15, 0.2) is 59.1 Å². The fourth-order valence-corrected chi connectivity index (χ4v) is 5.72. The lowest BCUT2D eigenvalue weighted by molar-refractivity contribution is 0.0951. The average molecular weight is 518 g/mol. The summed E-state index contributed by atoms with van der Waals surface area (Å²) in [5, 5.41) is 10.4. The molecule has 190 valence electrons. The van der Waals surface area contributed by atoms with Crippen LogP contribution < -0.4 is 20.1 Å². The number of aryl methyl sites for hydroxylation is 1. The van der Waals surface area contributed by atoms with Gasteiger partial charge in [0.25, 0.3) is 11.8 Å². The van der Waals surface area contributed by atoms with E-state index in [1.165, 1.54) is 11.3 Å². The zero-order valence-corrected chi connectivity index (χ0v) is 21.4. The molecular weight excluding hydrogens is 490 g/mol. The largest absolute Gasteiger partial charge is 0.493 e. The van der Waals surface area contributed by atoms with E-state index in [2.05, 4.69) is 15.8 Å². The van der Waals surface area contributed by atoms with Gasteiger partial charge in [0.2, 0.25) is 0 Å². The van der Waals surface area contributed by atoms with Gasteiger partial charge in [-0.15, -0.1) is 11.3 Å². The summed E-state index contributed by atoms with van der Waals surface area (Å²) in [5.74, 6) is 0.912. The van der Waals surface area contributed by atoms with Crippen molar-refractivity contribution in [2.75, 3.05) is 19.5 Å². The Morgan fingerprint density at radius 3 is 2.54 bits per heavy atom. The van der Waals surface area contributed by atoms with Gasteiger partial charge in [-0.2, -0.15) is 0 Å². The molecule has 1 aliphatic rings. The summed E-state index contributed by atoms with van der Waals surface area (Å²) >= 11 is 1.47. The van der Waals surface area contributed by atoms with Gasteiger partial charge in [0.1, 0.15) is 5.00 Å². The first-order valence-electron chi connectivity index (χ1n) is 12.0. The second-order valence-corrected chi connectivity index (χ2v) is 9.79. The monoisotopic (exact) mass is 517 g/mol. The zero-order chi connectivity index (χ0) is 25.8. The van der Waals surface area contributed by atoms with Crippen molar-refractivity contribution in [3.63, 3.8) is 0 Å². The Kier molecular flexibility index (Phi) is 7.23. The zero-order valence-electron chi connectivity index (χ0n) is 20.6. The van der Waals surface area contributed by atoms with E-state index in [0.29, 0.717) is 39.9 Å². The molecule has 0 atom stereocenters. The van der Waals surface area contributed by atoms with Crippen molar-refractivity contribution in [3.8, 4) is 22.8 Å². The number of carbonyl (C=O) groups is 2. The summed E-state index contributed by atoms with van der Waals surface area (Å²) in [6.45, 7) is 0.412. The van der Waals surface area contributed by atoms with Gasteiger partial charge in [0.05, 0.1) is 19.8 Å². The van der Waals surface area contributed by atoms with E-state index in [-0.39, 0.29) is 11.6 Å². The lowest BCUT2D eigenvalue weighted by Crippen LogP contribution is -2.25. The first-order valence-corrected chi connectivity index (χ1v) is 12.9. The number of nitrogens with zero attached hydrogens (tertiary/aromatic N) is 1. The van der Waals surface area contributed by atoms with Crippen molar-refractivity contribution in [2.45, 2.75) is 32.2 Å². The van der Waals surface area contributed by atoms with E-state index in [4.69, 9.17) is 14.0 Å². The Labute approximate surface area is 218 Å². The number of hydrogen-bond donors (Lipinski definition) is 2. The van der Waals surface area contributed by atoms with Crippen molar-refractivity contribution in [3.05, 3.63) is 81.9 Å². The van der Waals surface area contributed by atoms with Crippen LogP contribution in [0.5, 0.6) is 11.5 Å². The highest BCUT2D eigenvalue weighted by Crippen LogP contribution is 2.38. The van der Waals surface area contributed by atoms with Gasteiger partial charge in [0, 0.05) is 23.1 Å². The number of carbonyl (C=O) groups excluding carboxylic acids is 2. The number of aromatic nitrogens is 1. The number of benzene rings is 2. The number of hydrogen-bond acceptors (Lipinski definition) is 7. The van der Waals surface area contributed by atoms with Crippen LogP contribution in [0.2, 0.25) is 0 Å². The molecule has 2 N–H and O–H groups in total. The molecule has 0 unspecified atom stereocenters. The van der Waals surface area contributed by atoms with Crippen molar-refractivity contribution >= 4 is 28.2 Å². The van der Waals surface area contributed by atoms with Gasteiger partial charge in [-0.3, -0.25) is 9.59 Å². The molecule has 2 heterocycles. The molecule has 0 fully saturated rings. The Hall–Kier alpha value is -4.11. The van der Waals surface area contributed by atoms with Crippen molar-refractivity contribution < 1.29 is 23.6 Å². The number of thiophene rings is 1. The Balaban J connectivity index is 1.37. The van der Waals surface area contributed by atoms with E-state index >= 15 is 0 Å². The number of fused-ring (bicyclic) bond motifs is 1. The third kappa shape index (κ3) is 5.22. The highest BCUT2D eigenvalue weighted by Gasteiger charge is 2.27. The quantitative estimate of drug-likeness (QED) is 0.321. The van der Waals surface area contributed by atoms with E-state index in [0.717, 1.165) is 41.7 Å². The van der Waals surface area contributed by atoms with E-state index in [9.17, 15) is 9.59 Å². The Morgan fingerprint density at radius 2 is 1.76 bits per heavy atom. The van der Waals surface area contributed by atoms with Crippen LogP contribution >= 0.6 is 11.3 Å². The summed E-state index contributed by atoms with van der Waals surface area (Å²) in [6.07, 6.45) is 3.82. The Bertz CT molecular complexity index is 1430. The summed E-state index contributed by atoms with van der Waals surface area (Å²) < 4.78 is 16.1. The van der Waals surface area contributed by atoms with Gasteiger partial charge < -0.3 is 24.6 Å². The smallest absolute Gasteiger partial charge is 0.278 e. The molecule has 8 nitrogen and oxygen atoms in total. The molecule has 9 heteroatoms. The molecule has 2 aromatic heterocycles. The van der Waals surface area contributed by atoms with Gasteiger partial charge in [0.15, 0.2) is 23.0 Å². The predicted octanol–water partition coefficient (Wildman–Crippen LogP) is 5.48. The summed E-state index contributed by atoms with van der Waals surface area (Å²) in [7, 11) is 3.11. The molecule has 0 saturated carbocycles. The minimum absolute atomic E-state index is 0.117. The average Bonchev–Trinajstić information content (AvgIpc) is 3.57. The van der Waals surface area contributed by atoms with Gasteiger partial charge in [-0.05, 0) is 55.0 Å². The second-order valence-electron chi connectivity index (χ2n) is 8.68. The first-order chi connectivity index (χ1) is 18.1. The molecule has 0 radical (unpaired) electrons. The van der Waals surface area contributed by atoms with Crippen LogP contribution in [0.4, 0.5) is 5.00 Å². The molecule has 37 heavy (non-hydrogen) atoms. The maximum atomic E-state index is 13.3. The van der Waals surface area contributed by atoms with Crippen LogP contribution in [0.25, 0.3) is 11.3 Å². The normalized spacial score (nSPS) is 12.5. The second kappa shape index (κ2) is 10.9. The van der Waals surface area contributed by atoms with E-state index in [1.807, 2.05) is 30.3 Å². The van der Waals surface area contributed by atoms with Crippen molar-refractivity contribution in [1.29, 1.82) is 0 Å². The first kappa shape index (κ1) is 24.6. The van der Waals surface area contributed by atoms with Gasteiger partial charge in [-0.1, -0.05) is 35.5 Å². The summed E-state index contributed by atoms with van der Waals surface area (Å²) in [4.78, 5) is 27.6. The van der Waals surface area contributed by atoms with Crippen molar-refractivity contribution in [2.24, 2.45) is 0 Å². The van der Waals surface area contributed by atoms with Gasteiger partial charge >= 0.3 is 0 Å². The minimum atomic E-state index is -0.439. The molecule has 2 amide bonds. The highest BCUT2D eigenvalue weighted by molar-refractivity contribution is 7.17. The molecule has 0 aliphatic heterocycles. The SMILES string of the molecule is COc1ccc(-c2cc(C(=O)Nc3sc4c(c3C(=O)NCc3ccccc3)CCCC4)no2)cc1OC. The summed E-state index contributed by atoms with van der Waals surface area (Å²) in [6, 6.07) is 16.6. The molecule has 4 aromatic rings. The summed E-state index contributed by atoms with van der Waals surface area (Å²) in [5.41, 5.74) is 3.40. The fourth-order valence-electron chi connectivity index (χ4n) is 4.44. The number of nitrogens with one attached hydrogen (secondary N) is 2. The predicted molar refractivity (Wildman–Crippen MR) is 142 cm³/mol. The number of methoxy groups -OCH3 is 2. The number of ether oxygens (including phenoxy) is 2. The molecule has 5 rings (SSSR count). The third-order valence-corrected chi connectivity index (χ3v) is 7.54. The minimum Gasteiger partial charge on any atom is -0.493 e. The molecule has 0 saturated heterocycles. The lowest BCUT2D eigenvalue weighted by atomic mass is 9.95. The third-order valence-electron chi connectivity index (χ3n) is 6.33. The highest BCUT2D eigenvalue weighted by atomic mass is 32.1. The van der Waals surface area contributed by atoms with Gasteiger partial charge in [-0.25, -0.2) is 0 Å². The molecule has 1 aliphatic carbocycles. The topological polar surface area (TPSA) is 103 Å². The molecule has 0 bridgehead atoms. The van der Waals surface area contributed by atoms with E-state index < -0.39 is 5.91 Å². The molecule has 0 spiro atoms. The number of anilines is 1. The maximum absolute atomic E-state index is 13.3. The lowest BCUT2D eigenvalue weighted by Gasteiger charge is -2.13. The van der Waals surface area contributed by atoms with E-state index in [1.54, 1.807) is 38.5 Å². The molecule has 2 aromatic carbocycles. The molecular formula is C28H27N3O5S. The number of amides is 2. The number of rotatable bonds is 8. The maximum Gasteiger partial charge on any atom is 0.278 e. The Morgan fingerprint density at radius 1 is 0.973 bits per heavy atom. The fraction of sp³-hybridized carbons (Fsp3) is 0.250. The van der Waals surface area contributed by atoms with Crippen molar-refractivity contribution in [1.82, 2.24) is 10.5 Å². The van der Waals surface area contributed by atoms with Crippen LogP contribution in [0, 0.1) is 0 Å².